The van der Waals surface area contributed by atoms with Crippen molar-refractivity contribution in [3.05, 3.63) is 35.6 Å². The van der Waals surface area contributed by atoms with Crippen LogP contribution in [0.1, 0.15) is 32.3 Å². The number of aliphatic carboxylic acids is 1. The highest BCUT2D eigenvalue weighted by Crippen LogP contribution is 2.22. The fourth-order valence-corrected chi connectivity index (χ4v) is 2.00. The fraction of sp³-hybridized carbons (Fsp3) is 0.500. The van der Waals surface area contributed by atoms with Crippen LogP contribution in [0.3, 0.4) is 0 Å². The van der Waals surface area contributed by atoms with E-state index in [4.69, 9.17) is 10.8 Å². The molecule has 1 aromatic rings. The Balaban J connectivity index is 2.68. The summed E-state index contributed by atoms with van der Waals surface area (Å²) in [6.45, 7) is 3.54. The van der Waals surface area contributed by atoms with E-state index in [2.05, 4.69) is 0 Å². The summed E-state index contributed by atoms with van der Waals surface area (Å²) in [6, 6.07) is 6.29. The predicted octanol–water partition coefficient (Wildman–Crippen LogP) is 2.59. The molecule has 1 rings (SSSR count). The summed E-state index contributed by atoms with van der Waals surface area (Å²) in [5.41, 5.74) is 5.55. The minimum atomic E-state index is -1.21. The monoisotopic (exact) mass is 253 g/mol. The number of carboxylic acid groups (broad SMARTS) is 1. The van der Waals surface area contributed by atoms with Gasteiger partial charge in [0, 0.05) is 0 Å². The lowest BCUT2D eigenvalue weighted by molar-refractivity contribution is -0.143. The molecule has 0 aromatic heterocycles. The standard InChI is InChI=1S/C14H20FNO2/c1-3-10(9-14(2,16)13(17)18)8-11-4-6-12(15)7-5-11/h4-7,10H,3,8-9,16H2,1-2H3,(H,17,18). The van der Waals surface area contributed by atoms with E-state index in [1.165, 1.54) is 19.1 Å². The first-order valence-electron chi connectivity index (χ1n) is 6.12. The van der Waals surface area contributed by atoms with Gasteiger partial charge in [-0.25, -0.2) is 4.39 Å². The van der Waals surface area contributed by atoms with Crippen molar-refractivity contribution in [1.82, 2.24) is 0 Å². The van der Waals surface area contributed by atoms with E-state index in [-0.39, 0.29) is 11.7 Å². The second kappa shape index (κ2) is 5.96. The molecule has 1 aromatic carbocycles. The van der Waals surface area contributed by atoms with Gasteiger partial charge in [0.2, 0.25) is 0 Å². The van der Waals surface area contributed by atoms with Crippen molar-refractivity contribution in [2.24, 2.45) is 11.7 Å². The van der Waals surface area contributed by atoms with E-state index in [0.717, 1.165) is 18.4 Å². The van der Waals surface area contributed by atoms with Crippen molar-refractivity contribution in [1.29, 1.82) is 0 Å². The smallest absolute Gasteiger partial charge is 0.323 e. The Morgan fingerprint density at radius 2 is 2.00 bits per heavy atom. The van der Waals surface area contributed by atoms with Gasteiger partial charge in [-0.1, -0.05) is 25.5 Å². The van der Waals surface area contributed by atoms with Gasteiger partial charge in [-0.2, -0.15) is 0 Å². The Kier molecular flexibility index (Phi) is 4.84. The van der Waals surface area contributed by atoms with Gasteiger partial charge in [0.25, 0.3) is 0 Å². The highest BCUT2D eigenvalue weighted by Gasteiger charge is 2.30. The number of hydrogen-bond acceptors (Lipinski definition) is 2. The van der Waals surface area contributed by atoms with Crippen LogP contribution in [0.4, 0.5) is 4.39 Å². The minimum Gasteiger partial charge on any atom is -0.480 e. The maximum Gasteiger partial charge on any atom is 0.323 e. The highest BCUT2D eigenvalue weighted by atomic mass is 19.1. The van der Waals surface area contributed by atoms with E-state index < -0.39 is 11.5 Å². The second-order valence-corrected chi connectivity index (χ2v) is 5.03. The Morgan fingerprint density at radius 3 is 2.44 bits per heavy atom. The topological polar surface area (TPSA) is 63.3 Å². The van der Waals surface area contributed by atoms with Crippen molar-refractivity contribution >= 4 is 5.97 Å². The van der Waals surface area contributed by atoms with Crippen LogP contribution in [0.2, 0.25) is 0 Å². The quantitative estimate of drug-likeness (QED) is 0.819. The maximum atomic E-state index is 12.8. The molecule has 0 fully saturated rings. The number of carboxylic acids is 1. The SMILES string of the molecule is CCC(Cc1ccc(F)cc1)CC(C)(N)C(=O)O. The van der Waals surface area contributed by atoms with Gasteiger partial charge in [0.15, 0.2) is 0 Å². The molecule has 0 amide bonds. The molecule has 0 bridgehead atoms. The van der Waals surface area contributed by atoms with E-state index >= 15 is 0 Å². The Morgan fingerprint density at radius 1 is 1.44 bits per heavy atom. The zero-order chi connectivity index (χ0) is 13.8. The summed E-state index contributed by atoms with van der Waals surface area (Å²) in [6.07, 6.45) is 1.98. The molecule has 3 nitrogen and oxygen atoms in total. The molecule has 0 aliphatic heterocycles. The summed E-state index contributed by atoms with van der Waals surface area (Å²) in [7, 11) is 0. The third-order valence-electron chi connectivity index (χ3n) is 3.22. The van der Waals surface area contributed by atoms with Gasteiger partial charge in [-0.3, -0.25) is 4.79 Å². The van der Waals surface area contributed by atoms with Crippen molar-refractivity contribution in [3.63, 3.8) is 0 Å². The predicted molar refractivity (Wildman–Crippen MR) is 68.7 cm³/mol. The van der Waals surface area contributed by atoms with Gasteiger partial charge >= 0.3 is 5.97 Å². The number of hydrogen-bond donors (Lipinski definition) is 2. The van der Waals surface area contributed by atoms with Crippen LogP contribution in [-0.4, -0.2) is 16.6 Å². The van der Waals surface area contributed by atoms with Crippen molar-refractivity contribution in [2.75, 3.05) is 0 Å². The molecular formula is C14H20FNO2. The second-order valence-electron chi connectivity index (χ2n) is 5.03. The van der Waals surface area contributed by atoms with Crippen molar-refractivity contribution < 1.29 is 14.3 Å². The third-order valence-corrected chi connectivity index (χ3v) is 3.22. The molecule has 0 aliphatic carbocycles. The van der Waals surface area contributed by atoms with Crippen LogP contribution in [-0.2, 0) is 11.2 Å². The molecule has 0 aliphatic rings. The summed E-state index contributed by atoms with van der Waals surface area (Å²) >= 11 is 0. The largest absolute Gasteiger partial charge is 0.480 e. The number of carbonyl (C=O) groups is 1. The van der Waals surface area contributed by atoms with Gasteiger partial charge < -0.3 is 10.8 Å². The van der Waals surface area contributed by atoms with Crippen molar-refractivity contribution in [2.45, 2.75) is 38.6 Å². The Hall–Kier alpha value is -1.42. The van der Waals surface area contributed by atoms with E-state index in [9.17, 15) is 9.18 Å². The molecule has 0 radical (unpaired) electrons. The van der Waals surface area contributed by atoms with Gasteiger partial charge in [-0.05, 0) is 43.4 Å². The number of nitrogens with two attached hydrogens (primary N) is 1. The fourth-order valence-electron chi connectivity index (χ4n) is 2.00. The molecule has 4 heteroatoms. The summed E-state index contributed by atoms with van der Waals surface area (Å²) in [4.78, 5) is 11.0. The first-order chi connectivity index (χ1) is 8.35. The molecule has 3 N–H and O–H groups in total. The van der Waals surface area contributed by atoms with Gasteiger partial charge in [0.1, 0.15) is 11.4 Å². The highest BCUT2D eigenvalue weighted by molar-refractivity contribution is 5.77. The van der Waals surface area contributed by atoms with E-state index in [0.29, 0.717) is 6.42 Å². The molecule has 0 spiro atoms. The molecule has 2 atom stereocenters. The number of rotatable bonds is 6. The third kappa shape index (κ3) is 4.11. The summed E-state index contributed by atoms with van der Waals surface area (Å²) in [5, 5.41) is 9.01. The van der Waals surface area contributed by atoms with Crippen molar-refractivity contribution in [3.8, 4) is 0 Å². The lowest BCUT2D eigenvalue weighted by Gasteiger charge is -2.25. The zero-order valence-electron chi connectivity index (χ0n) is 10.8. The average molecular weight is 253 g/mol. The normalized spacial score (nSPS) is 16.0. The van der Waals surface area contributed by atoms with E-state index in [1.807, 2.05) is 6.92 Å². The molecule has 100 valence electrons. The molecular weight excluding hydrogens is 233 g/mol. The van der Waals surface area contributed by atoms with Gasteiger partial charge in [0.05, 0.1) is 0 Å². The molecule has 0 heterocycles. The number of halogens is 1. The summed E-state index contributed by atoms with van der Waals surface area (Å²) < 4.78 is 12.8. The van der Waals surface area contributed by atoms with Crippen LogP contribution in [0.5, 0.6) is 0 Å². The van der Waals surface area contributed by atoms with E-state index in [1.54, 1.807) is 12.1 Å². The molecule has 0 saturated heterocycles. The van der Waals surface area contributed by atoms with Gasteiger partial charge in [-0.15, -0.1) is 0 Å². The molecule has 18 heavy (non-hydrogen) atoms. The first kappa shape index (κ1) is 14.6. The molecule has 0 saturated carbocycles. The van der Waals surface area contributed by atoms with Crippen LogP contribution < -0.4 is 5.73 Å². The lowest BCUT2D eigenvalue weighted by Crippen LogP contribution is -2.46. The average Bonchev–Trinajstić information content (AvgIpc) is 2.30. The first-order valence-corrected chi connectivity index (χ1v) is 6.12. The summed E-state index contributed by atoms with van der Waals surface area (Å²) in [5.74, 6) is -1.07. The van der Waals surface area contributed by atoms with Crippen LogP contribution in [0.15, 0.2) is 24.3 Å². The van der Waals surface area contributed by atoms with Crippen LogP contribution in [0.25, 0.3) is 0 Å². The Bertz CT molecular complexity index is 401. The number of benzene rings is 1. The Labute approximate surface area is 107 Å². The van der Waals surface area contributed by atoms with Crippen LogP contribution in [0, 0.1) is 11.7 Å². The lowest BCUT2D eigenvalue weighted by atomic mass is 9.84. The maximum absolute atomic E-state index is 12.8. The van der Waals surface area contributed by atoms with Crippen LogP contribution >= 0.6 is 0 Å². The molecule has 2 unspecified atom stereocenters. The zero-order valence-corrected chi connectivity index (χ0v) is 10.8. The minimum absolute atomic E-state index is 0.182.